The van der Waals surface area contributed by atoms with Gasteiger partial charge in [0.1, 0.15) is 6.61 Å². The average molecular weight is 354 g/mol. The molecule has 2 aliphatic rings. The maximum absolute atomic E-state index is 11.0. The minimum atomic E-state index is -0.906. The van der Waals surface area contributed by atoms with E-state index in [2.05, 4.69) is 33.4 Å². The van der Waals surface area contributed by atoms with Crippen molar-refractivity contribution >= 4 is 21.9 Å². The lowest BCUT2D eigenvalue weighted by Crippen LogP contribution is -2.40. The maximum Gasteiger partial charge on any atom is 0.329 e. The van der Waals surface area contributed by atoms with Gasteiger partial charge < -0.3 is 15.2 Å². The third-order valence-corrected chi connectivity index (χ3v) is 5.31. The second kappa shape index (κ2) is 6.07. The van der Waals surface area contributed by atoms with Crippen molar-refractivity contribution in [1.82, 2.24) is 5.32 Å². The Morgan fingerprint density at radius 2 is 2.24 bits per heavy atom. The van der Waals surface area contributed by atoms with Crippen LogP contribution < -0.4 is 5.32 Å². The number of halogens is 1. The topological polar surface area (TPSA) is 58.6 Å². The molecule has 1 aliphatic heterocycles. The van der Waals surface area contributed by atoms with E-state index >= 15 is 0 Å². The molecule has 4 nitrogen and oxygen atoms in total. The van der Waals surface area contributed by atoms with Crippen molar-refractivity contribution in [2.45, 2.75) is 24.9 Å². The molecule has 0 amide bonds. The van der Waals surface area contributed by atoms with E-state index in [0.29, 0.717) is 11.8 Å². The standard InChI is InChI=1S/C16H20BrNO3/c17-14-3-1-2-13(6-14)16(21-10-15(19)20)5-4-11-8-18-9-12(11)7-16/h1-3,6,11-12,18H,4-5,7-10H2,(H,19,20). The number of fused-ring (bicyclic) bond motifs is 1. The normalized spacial score (nSPS) is 31.9. The molecule has 21 heavy (non-hydrogen) atoms. The summed E-state index contributed by atoms with van der Waals surface area (Å²) in [6.07, 6.45) is 2.87. The van der Waals surface area contributed by atoms with Gasteiger partial charge in [-0.15, -0.1) is 0 Å². The molecule has 1 aliphatic carbocycles. The van der Waals surface area contributed by atoms with Crippen LogP contribution in [0.25, 0.3) is 0 Å². The fraction of sp³-hybridized carbons (Fsp3) is 0.562. The average Bonchev–Trinajstić information content (AvgIpc) is 2.92. The van der Waals surface area contributed by atoms with Crippen LogP contribution in [0.5, 0.6) is 0 Å². The lowest BCUT2D eigenvalue weighted by Gasteiger charge is -2.42. The summed E-state index contributed by atoms with van der Waals surface area (Å²) in [5.74, 6) is 0.376. The Bertz CT molecular complexity index is 536. The van der Waals surface area contributed by atoms with E-state index in [0.717, 1.165) is 42.4 Å². The Kier molecular flexibility index (Phi) is 4.33. The molecule has 1 heterocycles. The summed E-state index contributed by atoms with van der Waals surface area (Å²) in [6, 6.07) is 8.08. The second-order valence-electron chi connectivity index (χ2n) is 6.11. The van der Waals surface area contributed by atoms with E-state index in [9.17, 15) is 4.79 Å². The van der Waals surface area contributed by atoms with Crippen LogP contribution >= 0.6 is 15.9 Å². The van der Waals surface area contributed by atoms with Gasteiger partial charge in [-0.2, -0.15) is 0 Å². The first-order chi connectivity index (χ1) is 10.1. The minimum absolute atomic E-state index is 0.239. The molecule has 0 radical (unpaired) electrons. The zero-order valence-electron chi connectivity index (χ0n) is 11.8. The van der Waals surface area contributed by atoms with Crippen molar-refractivity contribution in [2.24, 2.45) is 11.8 Å². The van der Waals surface area contributed by atoms with E-state index in [-0.39, 0.29) is 6.61 Å². The van der Waals surface area contributed by atoms with Gasteiger partial charge in [-0.25, -0.2) is 4.79 Å². The van der Waals surface area contributed by atoms with E-state index in [4.69, 9.17) is 9.84 Å². The fourth-order valence-corrected chi connectivity index (χ4v) is 4.16. The van der Waals surface area contributed by atoms with Crippen LogP contribution in [0.15, 0.2) is 28.7 Å². The van der Waals surface area contributed by atoms with Gasteiger partial charge >= 0.3 is 5.97 Å². The highest BCUT2D eigenvalue weighted by atomic mass is 79.9. The molecule has 114 valence electrons. The zero-order valence-corrected chi connectivity index (χ0v) is 13.4. The number of aliphatic carboxylic acids is 1. The Hall–Kier alpha value is -0.910. The SMILES string of the molecule is O=C(O)COC1(c2cccc(Br)c2)CCC2CNCC2C1. The summed E-state index contributed by atoms with van der Waals surface area (Å²) in [7, 11) is 0. The number of rotatable bonds is 4. The molecular weight excluding hydrogens is 334 g/mol. The van der Waals surface area contributed by atoms with Crippen LogP contribution in [0.1, 0.15) is 24.8 Å². The van der Waals surface area contributed by atoms with Crippen LogP contribution in [0.3, 0.4) is 0 Å². The largest absolute Gasteiger partial charge is 0.480 e. The molecule has 2 N–H and O–H groups in total. The quantitative estimate of drug-likeness (QED) is 0.873. The van der Waals surface area contributed by atoms with E-state index < -0.39 is 11.6 Å². The molecule has 2 fully saturated rings. The van der Waals surface area contributed by atoms with Crippen LogP contribution in [0, 0.1) is 11.8 Å². The third-order valence-electron chi connectivity index (χ3n) is 4.81. The van der Waals surface area contributed by atoms with Gasteiger partial charge in [-0.3, -0.25) is 0 Å². The first kappa shape index (κ1) is 15.0. The lowest BCUT2D eigenvalue weighted by atomic mass is 9.70. The Balaban J connectivity index is 1.89. The molecule has 1 saturated heterocycles. The number of carbonyl (C=O) groups is 1. The molecule has 0 aromatic heterocycles. The van der Waals surface area contributed by atoms with E-state index in [1.165, 1.54) is 0 Å². The molecule has 1 aromatic carbocycles. The summed E-state index contributed by atoms with van der Waals surface area (Å²) < 4.78 is 6.94. The summed E-state index contributed by atoms with van der Waals surface area (Å²) >= 11 is 3.51. The van der Waals surface area contributed by atoms with Crippen molar-refractivity contribution in [1.29, 1.82) is 0 Å². The number of hydrogen-bond donors (Lipinski definition) is 2. The first-order valence-electron chi connectivity index (χ1n) is 7.41. The molecule has 0 bridgehead atoms. The summed E-state index contributed by atoms with van der Waals surface area (Å²) in [4.78, 5) is 11.0. The van der Waals surface area contributed by atoms with E-state index in [1.807, 2.05) is 12.1 Å². The summed E-state index contributed by atoms with van der Waals surface area (Å²) in [5.41, 5.74) is 0.624. The van der Waals surface area contributed by atoms with Gasteiger partial charge in [0, 0.05) is 4.47 Å². The third kappa shape index (κ3) is 3.15. The number of nitrogens with one attached hydrogen (secondary N) is 1. The predicted octanol–water partition coefficient (Wildman–Crippen LogP) is 2.77. The highest BCUT2D eigenvalue weighted by molar-refractivity contribution is 9.10. The first-order valence-corrected chi connectivity index (χ1v) is 8.21. The molecular formula is C16H20BrNO3. The highest BCUT2D eigenvalue weighted by Crippen LogP contribution is 2.46. The van der Waals surface area contributed by atoms with E-state index in [1.54, 1.807) is 0 Å². The van der Waals surface area contributed by atoms with Crippen molar-refractivity contribution < 1.29 is 14.6 Å². The van der Waals surface area contributed by atoms with Gasteiger partial charge in [0.05, 0.1) is 5.60 Å². The molecule has 0 spiro atoms. The number of hydrogen-bond acceptors (Lipinski definition) is 3. The monoisotopic (exact) mass is 353 g/mol. The Labute approximate surface area is 133 Å². The van der Waals surface area contributed by atoms with Crippen LogP contribution in [-0.2, 0) is 15.1 Å². The van der Waals surface area contributed by atoms with Crippen molar-refractivity contribution in [3.8, 4) is 0 Å². The molecule has 3 unspecified atom stereocenters. The lowest BCUT2D eigenvalue weighted by molar-refractivity contribution is -0.156. The van der Waals surface area contributed by atoms with Gasteiger partial charge in [0.15, 0.2) is 0 Å². The van der Waals surface area contributed by atoms with Crippen molar-refractivity contribution in [3.05, 3.63) is 34.3 Å². The molecule has 3 atom stereocenters. The summed E-state index contributed by atoms with van der Waals surface area (Å²) in [5, 5.41) is 12.4. The number of benzene rings is 1. The fourth-order valence-electron chi connectivity index (χ4n) is 3.76. The van der Waals surface area contributed by atoms with Crippen LogP contribution in [-0.4, -0.2) is 30.8 Å². The smallest absolute Gasteiger partial charge is 0.329 e. The van der Waals surface area contributed by atoms with Crippen molar-refractivity contribution in [2.75, 3.05) is 19.7 Å². The van der Waals surface area contributed by atoms with Crippen molar-refractivity contribution in [3.63, 3.8) is 0 Å². The molecule has 3 rings (SSSR count). The van der Waals surface area contributed by atoms with Gasteiger partial charge in [0.2, 0.25) is 0 Å². The molecule has 1 aromatic rings. The number of carboxylic acid groups (broad SMARTS) is 1. The number of carboxylic acids is 1. The molecule has 5 heteroatoms. The number of ether oxygens (including phenoxy) is 1. The Morgan fingerprint density at radius 3 is 3.00 bits per heavy atom. The second-order valence-corrected chi connectivity index (χ2v) is 7.02. The maximum atomic E-state index is 11.0. The van der Waals surface area contributed by atoms with Gasteiger partial charge in [-0.05, 0) is 61.9 Å². The van der Waals surface area contributed by atoms with Crippen LogP contribution in [0.2, 0.25) is 0 Å². The predicted molar refractivity (Wildman–Crippen MR) is 83.1 cm³/mol. The zero-order chi connectivity index (χ0) is 14.9. The highest BCUT2D eigenvalue weighted by Gasteiger charge is 2.44. The molecule has 1 saturated carbocycles. The minimum Gasteiger partial charge on any atom is -0.480 e. The van der Waals surface area contributed by atoms with Gasteiger partial charge in [0.25, 0.3) is 0 Å². The van der Waals surface area contributed by atoms with Crippen LogP contribution in [0.4, 0.5) is 0 Å². The summed E-state index contributed by atoms with van der Waals surface area (Å²) in [6.45, 7) is 1.85. The van der Waals surface area contributed by atoms with Gasteiger partial charge in [-0.1, -0.05) is 28.1 Å². The Morgan fingerprint density at radius 1 is 1.43 bits per heavy atom.